The lowest BCUT2D eigenvalue weighted by Crippen LogP contribution is -2.36. The van der Waals surface area contributed by atoms with Gasteiger partial charge in [-0.15, -0.1) is 0 Å². The first kappa shape index (κ1) is 30.7. The maximum Gasteiger partial charge on any atom is 0.339 e. The third kappa shape index (κ3) is 7.07. The number of thioether (sulfide) groups is 1. The lowest BCUT2D eigenvalue weighted by atomic mass is 10.2. The molecule has 0 saturated carbocycles. The maximum atomic E-state index is 12.9. The lowest BCUT2D eigenvalue weighted by molar-refractivity contribution is -0.385. The Kier molecular flexibility index (Phi) is 8.98. The number of rotatable bonds is 9. The van der Waals surface area contributed by atoms with E-state index in [1.807, 2.05) is 12.1 Å². The quantitative estimate of drug-likeness (QED) is 0.155. The zero-order valence-electron chi connectivity index (χ0n) is 23.3. The van der Waals surface area contributed by atoms with Crippen molar-refractivity contribution in [3.63, 3.8) is 0 Å². The SMILES string of the molecule is Cc1ccc(S(=O)(=O)Oc2ccc(/C=C3\SC(=O)N(CC(=O)Nc4ccc(N5CCOCC5)cc4)C3=O)cc2)cc1[N+](=O)[O-]. The molecule has 2 saturated heterocycles. The summed E-state index contributed by atoms with van der Waals surface area (Å²) in [7, 11) is -4.36. The zero-order valence-corrected chi connectivity index (χ0v) is 24.9. The standard InChI is InChI=1S/C29H26N4O9S2/c1-19-2-11-24(17-25(19)33(37)38)44(39,40)42-23-9-3-20(4-10-23)16-26-28(35)32(29(36)43-26)18-27(34)30-21-5-7-22(8-6-21)31-12-14-41-15-13-31/h2-11,16-17H,12-15,18H2,1H3,(H,30,34)/b26-16-. The highest BCUT2D eigenvalue weighted by molar-refractivity contribution is 8.18. The monoisotopic (exact) mass is 638 g/mol. The second kappa shape index (κ2) is 12.9. The van der Waals surface area contributed by atoms with Crippen molar-refractivity contribution in [1.29, 1.82) is 0 Å². The number of nitro groups is 1. The number of imide groups is 1. The molecule has 2 aliphatic rings. The first-order valence-corrected chi connectivity index (χ1v) is 15.5. The highest BCUT2D eigenvalue weighted by Crippen LogP contribution is 2.33. The Hall–Kier alpha value is -4.73. The molecule has 0 bridgehead atoms. The predicted octanol–water partition coefficient (Wildman–Crippen LogP) is 4.18. The van der Waals surface area contributed by atoms with Crippen LogP contribution >= 0.6 is 11.8 Å². The Morgan fingerprint density at radius 1 is 1.07 bits per heavy atom. The Labute approximate surface area is 256 Å². The number of anilines is 2. The number of hydrogen-bond acceptors (Lipinski definition) is 11. The van der Waals surface area contributed by atoms with Gasteiger partial charge in [0.2, 0.25) is 5.91 Å². The van der Waals surface area contributed by atoms with Crippen LogP contribution in [0.5, 0.6) is 5.75 Å². The van der Waals surface area contributed by atoms with Crippen molar-refractivity contribution in [2.75, 3.05) is 43.1 Å². The van der Waals surface area contributed by atoms with Gasteiger partial charge in [-0.25, -0.2) is 0 Å². The summed E-state index contributed by atoms with van der Waals surface area (Å²) >= 11 is 0.680. The van der Waals surface area contributed by atoms with E-state index >= 15 is 0 Å². The number of benzene rings is 3. The number of aryl methyl sites for hydroxylation is 1. The number of carbonyl (C=O) groups excluding carboxylic acids is 3. The first-order valence-electron chi connectivity index (χ1n) is 13.3. The second-order valence-corrected chi connectivity index (χ2v) is 12.3. The summed E-state index contributed by atoms with van der Waals surface area (Å²) in [4.78, 5) is 51.3. The molecule has 0 spiro atoms. The van der Waals surface area contributed by atoms with E-state index in [4.69, 9.17) is 8.92 Å². The molecule has 0 aromatic heterocycles. The van der Waals surface area contributed by atoms with Gasteiger partial charge in [-0.1, -0.05) is 18.2 Å². The Morgan fingerprint density at radius 2 is 1.75 bits per heavy atom. The summed E-state index contributed by atoms with van der Waals surface area (Å²) in [5.74, 6) is -1.23. The smallest absolute Gasteiger partial charge is 0.339 e. The van der Waals surface area contributed by atoms with Gasteiger partial charge in [0, 0.05) is 36.1 Å². The number of hydrogen-bond donors (Lipinski definition) is 1. The number of carbonyl (C=O) groups is 3. The molecule has 1 N–H and O–H groups in total. The van der Waals surface area contributed by atoms with Crippen molar-refractivity contribution in [1.82, 2.24) is 4.90 Å². The van der Waals surface area contributed by atoms with Crippen molar-refractivity contribution in [3.05, 3.63) is 92.9 Å². The predicted molar refractivity (Wildman–Crippen MR) is 163 cm³/mol. The normalized spacial score (nSPS) is 16.3. The number of ether oxygens (including phenoxy) is 1. The molecule has 2 aliphatic heterocycles. The molecule has 0 aliphatic carbocycles. The van der Waals surface area contributed by atoms with E-state index in [0.717, 1.165) is 29.7 Å². The summed E-state index contributed by atoms with van der Waals surface area (Å²) in [5.41, 5.74) is 1.95. The van der Waals surface area contributed by atoms with Gasteiger partial charge in [-0.05, 0) is 72.8 Å². The number of nitrogens with zero attached hydrogens (tertiary/aromatic N) is 3. The fraction of sp³-hybridized carbons (Fsp3) is 0.207. The second-order valence-electron chi connectivity index (χ2n) is 9.77. The van der Waals surface area contributed by atoms with Crippen LogP contribution in [0.2, 0.25) is 0 Å². The van der Waals surface area contributed by atoms with Crippen LogP contribution in [-0.4, -0.2) is 68.1 Å². The van der Waals surface area contributed by atoms with Crippen molar-refractivity contribution in [2.45, 2.75) is 11.8 Å². The summed E-state index contributed by atoms with van der Waals surface area (Å²) in [6, 6.07) is 16.4. The van der Waals surface area contributed by atoms with Gasteiger partial charge in [0.1, 0.15) is 17.2 Å². The van der Waals surface area contributed by atoms with Crippen LogP contribution in [0.4, 0.5) is 21.9 Å². The van der Waals surface area contributed by atoms with Gasteiger partial charge in [0.05, 0.1) is 23.0 Å². The highest BCUT2D eigenvalue weighted by Gasteiger charge is 2.36. The molecule has 3 aromatic rings. The first-order chi connectivity index (χ1) is 21.0. The van der Waals surface area contributed by atoms with Gasteiger partial charge in [0.25, 0.3) is 16.8 Å². The van der Waals surface area contributed by atoms with Crippen LogP contribution < -0.4 is 14.4 Å². The topological polar surface area (TPSA) is 165 Å². The van der Waals surface area contributed by atoms with Crippen molar-refractivity contribution in [2.24, 2.45) is 0 Å². The van der Waals surface area contributed by atoms with Gasteiger partial charge in [0.15, 0.2) is 0 Å². The van der Waals surface area contributed by atoms with Crippen molar-refractivity contribution in [3.8, 4) is 5.75 Å². The summed E-state index contributed by atoms with van der Waals surface area (Å²) in [5, 5.41) is 13.3. The number of nitro benzene ring substituents is 1. The molecule has 5 rings (SSSR count). The van der Waals surface area contributed by atoms with E-state index in [1.165, 1.54) is 49.4 Å². The minimum Gasteiger partial charge on any atom is -0.379 e. The molecule has 2 fully saturated rings. The van der Waals surface area contributed by atoms with E-state index < -0.39 is 38.6 Å². The van der Waals surface area contributed by atoms with Crippen molar-refractivity contribution >= 4 is 62.1 Å². The fourth-order valence-electron chi connectivity index (χ4n) is 4.44. The third-order valence-electron chi connectivity index (χ3n) is 6.75. The molecule has 44 heavy (non-hydrogen) atoms. The number of amides is 3. The summed E-state index contributed by atoms with van der Waals surface area (Å²) < 4.78 is 35.8. The van der Waals surface area contributed by atoms with Gasteiger partial charge < -0.3 is 19.1 Å². The molecule has 0 unspecified atom stereocenters. The molecule has 3 amide bonds. The molecule has 0 atom stereocenters. The average molecular weight is 639 g/mol. The molecular weight excluding hydrogens is 612 g/mol. The van der Waals surface area contributed by atoms with Crippen molar-refractivity contribution < 1.29 is 36.6 Å². The number of nitrogens with one attached hydrogen (secondary N) is 1. The van der Waals surface area contributed by atoms with Gasteiger partial charge in [-0.2, -0.15) is 8.42 Å². The van der Waals surface area contributed by atoms with Crippen LogP contribution in [-0.2, 0) is 24.4 Å². The van der Waals surface area contributed by atoms with Crippen LogP contribution in [0.25, 0.3) is 6.08 Å². The molecule has 228 valence electrons. The van der Waals surface area contributed by atoms with E-state index in [1.54, 1.807) is 12.1 Å². The highest BCUT2D eigenvalue weighted by atomic mass is 32.2. The van der Waals surface area contributed by atoms with Crippen LogP contribution in [0.1, 0.15) is 11.1 Å². The summed E-state index contributed by atoms with van der Waals surface area (Å²) in [6.45, 7) is 3.89. The van der Waals surface area contributed by atoms with Crippen LogP contribution in [0.15, 0.2) is 76.5 Å². The maximum absolute atomic E-state index is 12.9. The largest absolute Gasteiger partial charge is 0.379 e. The molecule has 3 aromatic carbocycles. The zero-order chi connectivity index (χ0) is 31.4. The molecule has 13 nitrogen and oxygen atoms in total. The minimum atomic E-state index is -4.36. The Bertz CT molecular complexity index is 1750. The molecule has 2 heterocycles. The van der Waals surface area contributed by atoms with Crippen LogP contribution in [0, 0.1) is 17.0 Å². The Balaban J connectivity index is 1.19. The van der Waals surface area contributed by atoms with Crippen LogP contribution in [0.3, 0.4) is 0 Å². The molecule has 15 heteroatoms. The minimum absolute atomic E-state index is 0.0619. The fourth-order valence-corrected chi connectivity index (χ4v) is 6.23. The average Bonchev–Trinajstić information content (AvgIpc) is 3.26. The molecular formula is C29H26N4O9S2. The van der Waals surface area contributed by atoms with Gasteiger partial charge >= 0.3 is 10.1 Å². The number of morpholine rings is 1. The van der Waals surface area contributed by atoms with E-state index in [-0.39, 0.29) is 21.2 Å². The summed E-state index contributed by atoms with van der Waals surface area (Å²) in [6.07, 6.45) is 1.44. The van der Waals surface area contributed by atoms with Gasteiger partial charge in [-0.3, -0.25) is 29.4 Å². The molecule has 0 radical (unpaired) electrons. The Morgan fingerprint density at radius 3 is 2.41 bits per heavy atom. The van der Waals surface area contributed by atoms with E-state index in [0.29, 0.717) is 41.8 Å². The van der Waals surface area contributed by atoms with E-state index in [2.05, 4.69) is 10.2 Å². The third-order valence-corrected chi connectivity index (χ3v) is 8.90. The van der Waals surface area contributed by atoms with E-state index in [9.17, 15) is 32.9 Å². The lowest BCUT2D eigenvalue weighted by Gasteiger charge is -2.28.